The molecule has 3 rings (SSSR count). The van der Waals surface area contributed by atoms with Gasteiger partial charge in [-0.15, -0.1) is 0 Å². The fraction of sp³-hybridized carbons (Fsp3) is 0.348. The van der Waals surface area contributed by atoms with Crippen molar-refractivity contribution in [3.8, 4) is 0 Å². The van der Waals surface area contributed by atoms with Crippen molar-refractivity contribution in [3.63, 3.8) is 0 Å². The SMILES string of the molecule is CC(C)c1ccc2[nH]c(=O)c(CCNC(=O)CCCc3cccnc3)cc2c1. The highest BCUT2D eigenvalue weighted by Gasteiger charge is 2.07. The smallest absolute Gasteiger partial charge is 0.251 e. The molecule has 5 heteroatoms. The summed E-state index contributed by atoms with van der Waals surface area (Å²) in [5.74, 6) is 0.453. The van der Waals surface area contributed by atoms with Gasteiger partial charge >= 0.3 is 0 Å². The van der Waals surface area contributed by atoms with Gasteiger partial charge in [0.1, 0.15) is 0 Å². The van der Waals surface area contributed by atoms with Crippen LogP contribution in [0.5, 0.6) is 0 Å². The number of carbonyl (C=O) groups excluding carboxylic acids is 1. The van der Waals surface area contributed by atoms with Gasteiger partial charge in [0.2, 0.25) is 5.91 Å². The van der Waals surface area contributed by atoms with Crippen molar-refractivity contribution < 1.29 is 4.79 Å². The lowest BCUT2D eigenvalue weighted by atomic mass is 10.0. The maximum absolute atomic E-state index is 12.3. The summed E-state index contributed by atoms with van der Waals surface area (Å²) in [6.07, 6.45) is 6.19. The molecule has 0 saturated heterocycles. The molecule has 0 bridgehead atoms. The Morgan fingerprint density at radius 2 is 2.04 bits per heavy atom. The van der Waals surface area contributed by atoms with Crippen LogP contribution >= 0.6 is 0 Å². The first-order valence-corrected chi connectivity index (χ1v) is 9.84. The van der Waals surface area contributed by atoms with Gasteiger partial charge < -0.3 is 10.3 Å². The molecule has 0 atom stereocenters. The molecule has 28 heavy (non-hydrogen) atoms. The van der Waals surface area contributed by atoms with Gasteiger partial charge in [0.15, 0.2) is 0 Å². The van der Waals surface area contributed by atoms with Crippen molar-refractivity contribution in [1.29, 1.82) is 0 Å². The van der Waals surface area contributed by atoms with Crippen molar-refractivity contribution in [2.45, 2.75) is 45.4 Å². The van der Waals surface area contributed by atoms with E-state index in [2.05, 4.69) is 35.2 Å². The Hall–Kier alpha value is -2.95. The molecule has 2 aromatic heterocycles. The Kier molecular flexibility index (Phi) is 6.58. The summed E-state index contributed by atoms with van der Waals surface area (Å²) in [7, 11) is 0. The van der Waals surface area contributed by atoms with Crippen LogP contribution in [0.1, 0.15) is 49.3 Å². The van der Waals surface area contributed by atoms with Gasteiger partial charge in [0.25, 0.3) is 5.56 Å². The number of aromatic amines is 1. The minimum absolute atomic E-state index is 0.0169. The first kappa shape index (κ1) is 19.8. The van der Waals surface area contributed by atoms with Crippen LogP contribution in [-0.2, 0) is 17.6 Å². The average molecular weight is 377 g/mol. The molecule has 2 heterocycles. The molecule has 0 radical (unpaired) electrons. The molecule has 2 N–H and O–H groups in total. The maximum atomic E-state index is 12.3. The molecular weight excluding hydrogens is 350 g/mol. The quantitative estimate of drug-likeness (QED) is 0.628. The third-order valence-electron chi connectivity index (χ3n) is 4.92. The van der Waals surface area contributed by atoms with E-state index in [1.807, 2.05) is 36.5 Å². The standard InChI is InChI=1S/C23H27N3O2/c1-16(2)18-8-9-21-20(13-18)14-19(23(28)26-21)10-12-25-22(27)7-3-5-17-6-4-11-24-15-17/h4,6,8-9,11,13-16H,3,5,7,10,12H2,1-2H3,(H,25,27)(H,26,28). The van der Waals surface area contributed by atoms with Gasteiger partial charge in [0, 0.05) is 36.4 Å². The van der Waals surface area contributed by atoms with E-state index in [-0.39, 0.29) is 11.5 Å². The largest absolute Gasteiger partial charge is 0.356 e. The van der Waals surface area contributed by atoms with Gasteiger partial charge in [-0.2, -0.15) is 0 Å². The van der Waals surface area contributed by atoms with E-state index in [0.717, 1.165) is 29.3 Å². The summed E-state index contributed by atoms with van der Waals surface area (Å²) < 4.78 is 0. The molecule has 0 aliphatic heterocycles. The Morgan fingerprint density at radius 1 is 1.18 bits per heavy atom. The summed E-state index contributed by atoms with van der Waals surface area (Å²) in [6, 6.07) is 12.0. The molecule has 0 aliphatic rings. The normalized spacial score (nSPS) is 11.1. The predicted molar refractivity (Wildman–Crippen MR) is 113 cm³/mol. The Morgan fingerprint density at radius 3 is 2.79 bits per heavy atom. The number of H-pyrrole nitrogens is 1. The van der Waals surface area contributed by atoms with Gasteiger partial charge in [-0.3, -0.25) is 14.6 Å². The van der Waals surface area contributed by atoms with E-state index in [0.29, 0.717) is 30.9 Å². The summed E-state index contributed by atoms with van der Waals surface area (Å²) in [6.45, 7) is 4.76. The van der Waals surface area contributed by atoms with Crippen LogP contribution in [0.25, 0.3) is 10.9 Å². The minimum Gasteiger partial charge on any atom is -0.356 e. The number of nitrogens with one attached hydrogen (secondary N) is 2. The zero-order valence-corrected chi connectivity index (χ0v) is 16.5. The zero-order chi connectivity index (χ0) is 19.9. The molecule has 0 unspecified atom stereocenters. The highest BCUT2D eigenvalue weighted by atomic mass is 16.1. The van der Waals surface area contributed by atoms with E-state index >= 15 is 0 Å². The predicted octanol–water partition coefficient (Wildman–Crippen LogP) is 3.73. The molecular formula is C23H27N3O2. The second kappa shape index (κ2) is 9.31. The lowest BCUT2D eigenvalue weighted by molar-refractivity contribution is -0.121. The minimum atomic E-state index is -0.0874. The van der Waals surface area contributed by atoms with E-state index in [1.54, 1.807) is 6.20 Å². The van der Waals surface area contributed by atoms with Crippen molar-refractivity contribution >= 4 is 16.8 Å². The number of hydrogen-bond donors (Lipinski definition) is 2. The van der Waals surface area contributed by atoms with Gasteiger partial charge in [-0.25, -0.2) is 0 Å². The van der Waals surface area contributed by atoms with Crippen LogP contribution in [0.2, 0.25) is 0 Å². The monoisotopic (exact) mass is 377 g/mol. The van der Waals surface area contributed by atoms with Crippen LogP contribution in [0.4, 0.5) is 0 Å². The molecule has 3 aromatic rings. The van der Waals surface area contributed by atoms with E-state index in [4.69, 9.17) is 0 Å². The number of carbonyl (C=O) groups is 1. The van der Waals surface area contributed by atoms with Crippen LogP contribution in [0.3, 0.4) is 0 Å². The van der Waals surface area contributed by atoms with Gasteiger partial charge in [0.05, 0.1) is 0 Å². The molecule has 0 saturated carbocycles. The lowest BCUT2D eigenvalue weighted by Gasteiger charge is -2.09. The summed E-state index contributed by atoms with van der Waals surface area (Å²) >= 11 is 0. The molecule has 5 nitrogen and oxygen atoms in total. The Balaban J connectivity index is 1.52. The molecule has 0 spiro atoms. The molecule has 0 aliphatic carbocycles. The number of pyridine rings is 2. The fourth-order valence-electron chi connectivity index (χ4n) is 3.24. The lowest BCUT2D eigenvalue weighted by Crippen LogP contribution is -2.27. The number of aryl methyl sites for hydroxylation is 1. The second-order valence-corrected chi connectivity index (χ2v) is 7.44. The highest BCUT2D eigenvalue weighted by Crippen LogP contribution is 2.20. The Bertz CT molecular complexity index is 994. The highest BCUT2D eigenvalue weighted by molar-refractivity contribution is 5.80. The van der Waals surface area contributed by atoms with Crippen molar-refractivity contribution in [1.82, 2.24) is 15.3 Å². The van der Waals surface area contributed by atoms with E-state index in [1.165, 1.54) is 5.56 Å². The first-order valence-electron chi connectivity index (χ1n) is 9.84. The number of hydrogen-bond acceptors (Lipinski definition) is 3. The maximum Gasteiger partial charge on any atom is 0.251 e. The van der Waals surface area contributed by atoms with Crippen LogP contribution in [0.15, 0.2) is 53.6 Å². The number of aromatic nitrogens is 2. The van der Waals surface area contributed by atoms with Crippen LogP contribution in [-0.4, -0.2) is 22.4 Å². The number of amides is 1. The zero-order valence-electron chi connectivity index (χ0n) is 16.5. The third kappa shape index (κ3) is 5.28. The number of benzene rings is 1. The summed E-state index contributed by atoms with van der Waals surface area (Å²) in [5.41, 5.74) is 3.84. The molecule has 146 valence electrons. The fourth-order valence-corrected chi connectivity index (χ4v) is 3.24. The second-order valence-electron chi connectivity index (χ2n) is 7.44. The van der Waals surface area contributed by atoms with Gasteiger partial charge in [-0.05, 0) is 66.0 Å². The summed E-state index contributed by atoms with van der Waals surface area (Å²) in [5, 5.41) is 3.95. The van der Waals surface area contributed by atoms with Crippen molar-refractivity contribution in [2.24, 2.45) is 0 Å². The number of rotatable bonds is 8. The average Bonchev–Trinajstić information content (AvgIpc) is 2.68. The third-order valence-corrected chi connectivity index (χ3v) is 4.92. The van der Waals surface area contributed by atoms with Gasteiger partial charge in [-0.1, -0.05) is 26.0 Å². The molecule has 0 fully saturated rings. The topological polar surface area (TPSA) is 74.8 Å². The van der Waals surface area contributed by atoms with Crippen molar-refractivity contribution in [2.75, 3.05) is 6.54 Å². The van der Waals surface area contributed by atoms with Crippen LogP contribution < -0.4 is 10.9 Å². The van der Waals surface area contributed by atoms with E-state index in [9.17, 15) is 9.59 Å². The summed E-state index contributed by atoms with van der Waals surface area (Å²) in [4.78, 5) is 31.3. The number of fused-ring (bicyclic) bond motifs is 1. The molecule has 1 amide bonds. The first-order chi connectivity index (χ1) is 13.5. The number of nitrogens with zero attached hydrogens (tertiary/aromatic N) is 1. The van der Waals surface area contributed by atoms with Crippen molar-refractivity contribution in [3.05, 3.63) is 75.8 Å². The van der Waals surface area contributed by atoms with Crippen LogP contribution in [0, 0.1) is 0 Å². The van der Waals surface area contributed by atoms with E-state index < -0.39 is 0 Å². The molecule has 1 aromatic carbocycles. The Labute approximate surface area is 165 Å².